The molecule has 0 aliphatic heterocycles. The number of methoxy groups -OCH3 is 1. The monoisotopic (exact) mass is 332 g/mol. The van der Waals surface area contributed by atoms with Crippen LogP contribution in [0.25, 0.3) is 0 Å². The molecule has 0 bridgehead atoms. The van der Waals surface area contributed by atoms with Gasteiger partial charge in [0.15, 0.2) is 5.52 Å². The molecule has 1 aromatic carbocycles. The van der Waals surface area contributed by atoms with Crippen LogP contribution in [0.15, 0.2) is 24.3 Å². The Balaban J connectivity index is 1.88. The molecule has 0 heterocycles. The van der Waals surface area contributed by atoms with Crippen molar-refractivity contribution in [2.45, 2.75) is 75.5 Å². The zero-order valence-corrected chi connectivity index (χ0v) is 15.2. The highest BCUT2D eigenvalue weighted by atomic mass is 31.1. The summed E-state index contributed by atoms with van der Waals surface area (Å²) in [5.41, 5.74) is 2.55. The van der Waals surface area contributed by atoms with Crippen LogP contribution in [-0.2, 0) is 0 Å². The lowest BCUT2D eigenvalue weighted by Crippen LogP contribution is -2.24. The van der Waals surface area contributed by atoms with Crippen LogP contribution in [0.1, 0.15) is 74.6 Å². The predicted octanol–water partition coefficient (Wildman–Crippen LogP) is 5.98. The van der Waals surface area contributed by atoms with E-state index in [0.717, 1.165) is 11.3 Å². The summed E-state index contributed by atoms with van der Waals surface area (Å²) >= 11 is 0. The summed E-state index contributed by atoms with van der Waals surface area (Å²) in [6.45, 7) is 0. The molecular weight excluding hydrogens is 303 g/mol. The molecule has 0 amide bonds. The SMILES string of the molecule is COc1ccccc1C(=O)P(C1CCCCC1)C1CCCCC1. The third-order valence-electron chi connectivity index (χ3n) is 5.51. The van der Waals surface area contributed by atoms with Gasteiger partial charge < -0.3 is 4.74 Å². The molecule has 0 N–H and O–H groups in total. The Kier molecular flexibility index (Phi) is 6.11. The van der Waals surface area contributed by atoms with Crippen molar-refractivity contribution in [2.24, 2.45) is 0 Å². The minimum atomic E-state index is -0.575. The topological polar surface area (TPSA) is 26.3 Å². The Morgan fingerprint density at radius 1 is 0.913 bits per heavy atom. The summed E-state index contributed by atoms with van der Waals surface area (Å²) in [5, 5.41) is 0. The van der Waals surface area contributed by atoms with Crippen molar-refractivity contribution < 1.29 is 9.53 Å². The first kappa shape index (κ1) is 17.0. The average molecular weight is 332 g/mol. The maximum absolute atomic E-state index is 13.5. The first-order valence-corrected chi connectivity index (χ1v) is 10.7. The summed E-state index contributed by atoms with van der Waals surface area (Å²) in [6.07, 6.45) is 13.0. The lowest BCUT2D eigenvalue weighted by Gasteiger charge is -2.37. The molecule has 0 atom stereocenters. The van der Waals surface area contributed by atoms with E-state index in [-0.39, 0.29) is 0 Å². The van der Waals surface area contributed by atoms with Crippen LogP contribution in [0.3, 0.4) is 0 Å². The lowest BCUT2D eigenvalue weighted by atomic mass is 9.99. The minimum absolute atomic E-state index is 0.413. The van der Waals surface area contributed by atoms with Crippen LogP contribution in [0.4, 0.5) is 0 Å². The van der Waals surface area contributed by atoms with Gasteiger partial charge in [0.05, 0.1) is 12.7 Å². The second-order valence-electron chi connectivity index (χ2n) is 7.00. The molecule has 2 nitrogen and oxygen atoms in total. The Bertz CT molecular complexity index is 498. The van der Waals surface area contributed by atoms with Crippen LogP contribution in [0.2, 0.25) is 0 Å². The maximum Gasteiger partial charge on any atom is 0.188 e. The third-order valence-corrected chi connectivity index (χ3v) is 8.82. The van der Waals surface area contributed by atoms with Gasteiger partial charge in [0.2, 0.25) is 0 Å². The Morgan fingerprint density at radius 2 is 1.43 bits per heavy atom. The van der Waals surface area contributed by atoms with E-state index < -0.39 is 7.92 Å². The quantitative estimate of drug-likeness (QED) is 0.620. The standard InChI is InChI=1S/C20H29O2P/c1-22-19-15-9-8-14-18(19)20(21)23(16-10-4-2-5-11-16)17-12-6-3-7-13-17/h8-9,14-17H,2-7,10-13H2,1H3. The van der Waals surface area contributed by atoms with Gasteiger partial charge in [-0.15, -0.1) is 0 Å². The molecule has 2 aliphatic rings. The van der Waals surface area contributed by atoms with Crippen LogP contribution >= 0.6 is 7.92 Å². The Morgan fingerprint density at radius 3 is 1.96 bits per heavy atom. The predicted molar refractivity (Wildman–Crippen MR) is 98.0 cm³/mol. The number of hydrogen-bond acceptors (Lipinski definition) is 2. The van der Waals surface area contributed by atoms with E-state index in [9.17, 15) is 4.79 Å². The molecule has 1 aromatic rings. The largest absolute Gasteiger partial charge is 0.496 e. The van der Waals surface area contributed by atoms with Gasteiger partial charge in [-0.05, 0) is 57.1 Å². The molecule has 3 rings (SSSR count). The van der Waals surface area contributed by atoms with Crippen LogP contribution in [0.5, 0.6) is 5.75 Å². The van der Waals surface area contributed by atoms with Crippen molar-refractivity contribution in [3.8, 4) is 5.75 Å². The number of benzene rings is 1. The second-order valence-corrected chi connectivity index (χ2v) is 9.68. The number of para-hydroxylation sites is 1. The molecule has 0 radical (unpaired) electrons. The van der Waals surface area contributed by atoms with Gasteiger partial charge in [-0.25, -0.2) is 0 Å². The summed E-state index contributed by atoms with van der Waals surface area (Å²) < 4.78 is 5.48. The van der Waals surface area contributed by atoms with E-state index in [1.54, 1.807) is 7.11 Å². The number of carbonyl (C=O) groups excluding carboxylic acids is 1. The Labute approximate surface area is 141 Å². The fourth-order valence-electron chi connectivity index (χ4n) is 4.31. The van der Waals surface area contributed by atoms with Crippen molar-refractivity contribution in [3.05, 3.63) is 29.8 Å². The first-order valence-electron chi connectivity index (χ1n) is 9.27. The van der Waals surface area contributed by atoms with Crippen molar-refractivity contribution in [1.29, 1.82) is 0 Å². The molecule has 2 aliphatic carbocycles. The highest BCUT2D eigenvalue weighted by molar-refractivity contribution is 7.76. The number of carbonyl (C=O) groups is 1. The fraction of sp³-hybridized carbons (Fsp3) is 0.650. The summed E-state index contributed by atoms with van der Waals surface area (Å²) in [4.78, 5) is 13.5. The van der Waals surface area contributed by atoms with E-state index in [1.165, 1.54) is 64.2 Å². The van der Waals surface area contributed by atoms with Crippen molar-refractivity contribution >= 4 is 13.4 Å². The molecular formula is C20H29O2P. The molecule has 2 saturated carbocycles. The van der Waals surface area contributed by atoms with Gasteiger partial charge in [0, 0.05) is 0 Å². The van der Waals surface area contributed by atoms with Gasteiger partial charge in [-0.1, -0.05) is 50.7 Å². The van der Waals surface area contributed by atoms with Crippen molar-refractivity contribution in [1.82, 2.24) is 0 Å². The molecule has 0 spiro atoms. The lowest BCUT2D eigenvalue weighted by molar-refractivity contribution is 0.107. The molecule has 0 unspecified atom stereocenters. The van der Waals surface area contributed by atoms with Crippen molar-refractivity contribution in [3.63, 3.8) is 0 Å². The van der Waals surface area contributed by atoms with E-state index in [1.807, 2.05) is 24.3 Å². The van der Waals surface area contributed by atoms with Gasteiger partial charge >= 0.3 is 0 Å². The summed E-state index contributed by atoms with van der Waals surface area (Å²) in [6, 6.07) is 7.84. The molecule has 0 saturated heterocycles. The van der Waals surface area contributed by atoms with Crippen molar-refractivity contribution in [2.75, 3.05) is 7.11 Å². The third kappa shape index (κ3) is 3.97. The smallest absolute Gasteiger partial charge is 0.188 e. The molecule has 0 aromatic heterocycles. The van der Waals surface area contributed by atoms with Crippen LogP contribution in [-0.4, -0.2) is 24.0 Å². The molecule has 126 valence electrons. The maximum atomic E-state index is 13.5. The van der Waals surface area contributed by atoms with Crippen LogP contribution < -0.4 is 4.74 Å². The summed E-state index contributed by atoms with van der Waals surface area (Å²) in [5.74, 6) is 0.761. The van der Waals surface area contributed by atoms with Gasteiger partial charge in [-0.3, -0.25) is 4.79 Å². The molecule has 2 fully saturated rings. The van der Waals surface area contributed by atoms with E-state index in [2.05, 4.69) is 0 Å². The molecule has 23 heavy (non-hydrogen) atoms. The van der Waals surface area contributed by atoms with E-state index >= 15 is 0 Å². The normalized spacial score (nSPS) is 20.6. The minimum Gasteiger partial charge on any atom is -0.496 e. The first-order chi connectivity index (χ1) is 11.3. The van der Waals surface area contributed by atoms with Gasteiger partial charge in [0.25, 0.3) is 0 Å². The number of hydrogen-bond donors (Lipinski definition) is 0. The van der Waals surface area contributed by atoms with Gasteiger partial charge in [-0.2, -0.15) is 0 Å². The highest BCUT2D eigenvalue weighted by Crippen LogP contribution is 2.58. The Hall–Kier alpha value is -0.880. The highest BCUT2D eigenvalue weighted by Gasteiger charge is 2.37. The van der Waals surface area contributed by atoms with E-state index in [4.69, 9.17) is 4.74 Å². The van der Waals surface area contributed by atoms with Gasteiger partial charge in [0.1, 0.15) is 5.75 Å². The van der Waals surface area contributed by atoms with E-state index in [0.29, 0.717) is 16.8 Å². The zero-order valence-electron chi connectivity index (χ0n) is 14.3. The number of rotatable bonds is 5. The average Bonchev–Trinajstić information content (AvgIpc) is 2.63. The fourth-order valence-corrected chi connectivity index (χ4v) is 7.87. The molecule has 3 heteroatoms. The summed E-state index contributed by atoms with van der Waals surface area (Å²) in [7, 11) is 1.10. The zero-order chi connectivity index (χ0) is 16.1. The number of ether oxygens (including phenoxy) is 1. The second kappa shape index (κ2) is 8.29. The van der Waals surface area contributed by atoms with Crippen LogP contribution in [0, 0.1) is 0 Å².